The molecule has 0 aromatic carbocycles. The number of anilines is 1. The lowest BCUT2D eigenvalue weighted by Gasteiger charge is -2.13. The normalized spacial score (nSPS) is 12.0. The van der Waals surface area contributed by atoms with Gasteiger partial charge in [0.25, 0.3) is 0 Å². The van der Waals surface area contributed by atoms with Crippen molar-refractivity contribution in [1.82, 2.24) is 24.7 Å². The molecule has 3 aromatic rings. The first-order chi connectivity index (χ1) is 10.0. The molecule has 0 amide bonds. The second-order valence-corrected chi connectivity index (χ2v) is 5.91. The molecule has 0 unspecified atom stereocenters. The highest BCUT2D eigenvalue weighted by atomic mass is 16.5. The predicted molar refractivity (Wildman–Crippen MR) is 78.2 cm³/mol. The maximum Gasteiger partial charge on any atom is 0.213 e. The second-order valence-electron chi connectivity index (χ2n) is 5.91. The van der Waals surface area contributed by atoms with Crippen LogP contribution in [0.4, 0.5) is 5.82 Å². The number of nitrogens with zero attached hydrogens (tertiary/aromatic N) is 5. The Morgan fingerprint density at radius 3 is 2.86 bits per heavy atom. The van der Waals surface area contributed by atoms with Gasteiger partial charge in [-0.2, -0.15) is 10.1 Å². The van der Waals surface area contributed by atoms with Crippen molar-refractivity contribution in [1.29, 1.82) is 0 Å². The number of hydrogen-bond acceptors (Lipinski definition) is 6. The third kappa shape index (κ3) is 2.86. The Morgan fingerprint density at radius 1 is 1.29 bits per heavy atom. The third-order valence-electron chi connectivity index (χ3n) is 3.21. The molecule has 3 aromatic heterocycles. The van der Waals surface area contributed by atoms with E-state index >= 15 is 0 Å². The van der Waals surface area contributed by atoms with Crippen LogP contribution in [0.25, 0.3) is 5.52 Å². The number of rotatable bonds is 4. The van der Waals surface area contributed by atoms with Crippen LogP contribution in [0.2, 0.25) is 0 Å². The minimum atomic E-state index is 0.00786. The van der Waals surface area contributed by atoms with E-state index in [0.29, 0.717) is 18.8 Å². The van der Waals surface area contributed by atoms with Gasteiger partial charge in [0.2, 0.25) is 6.39 Å². The van der Waals surface area contributed by atoms with Crippen molar-refractivity contribution in [2.75, 3.05) is 11.9 Å². The van der Waals surface area contributed by atoms with E-state index in [2.05, 4.69) is 52.4 Å². The molecule has 0 spiro atoms. The zero-order valence-electron chi connectivity index (χ0n) is 12.4. The first-order valence-corrected chi connectivity index (χ1v) is 6.88. The fourth-order valence-electron chi connectivity index (χ4n) is 2.02. The topological polar surface area (TPSA) is 81.1 Å². The number of nitrogens with one attached hydrogen (secondary N) is 1. The first kappa shape index (κ1) is 13.5. The molecular formula is C14H18N6O. The highest BCUT2D eigenvalue weighted by Gasteiger charge is 2.18. The maximum absolute atomic E-state index is 4.71. The monoisotopic (exact) mass is 286 g/mol. The number of hydrogen-bond donors (Lipinski definition) is 1. The Hall–Kier alpha value is -2.44. The van der Waals surface area contributed by atoms with Crippen LogP contribution in [0, 0.1) is 0 Å². The Balaban J connectivity index is 1.80. The van der Waals surface area contributed by atoms with E-state index in [4.69, 9.17) is 4.52 Å². The molecule has 21 heavy (non-hydrogen) atoms. The van der Waals surface area contributed by atoms with Gasteiger partial charge in [-0.1, -0.05) is 25.9 Å². The maximum atomic E-state index is 4.71. The molecule has 0 atom stereocenters. The summed E-state index contributed by atoms with van der Waals surface area (Å²) in [6.45, 7) is 7.12. The Morgan fingerprint density at radius 2 is 2.14 bits per heavy atom. The van der Waals surface area contributed by atoms with Crippen LogP contribution >= 0.6 is 0 Å². The molecule has 3 heterocycles. The van der Waals surface area contributed by atoms with Crippen LogP contribution < -0.4 is 5.32 Å². The first-order valence-electron chi connectivity index (χ1n) is 6.88. The van der Waals surface area contributed by atoms with Crippen LogP contribution in [0.3, 0.4) is 0 Å². The summed E-state index contributed by atoms with van der Waals surface area (Å²) in [5, 5.41) is 11.7. The van der Waals surface area contributed by atoms with Crippen LogP contribution in [-0.4, -0.2) is 31.3 Å². The number of fused-ring (bicyclic) bond motifs is 1. The molecule has 0 aliphatic heterocycles. The second kappa shape index (κ2) is 5.16. The minimum absolute atomic E-state index is 0.00786. The molecule has 3 rings (SSSR count). The average Bonchev–Trinajstić information content (AvgIpc) is 3.06. The fraction of sp³-hybridized carbons (Fsp3) is 0.429. The lowest BCUT2D eigenvalue weighted by atomic mass is 9.92. The summed E-state index contributed by atoms with van der Waals surface area (Å²) in [6, 6.07) is 2.07. The van der Waals surface area contributed by atoms with Gasteiger partial charge in [-0.05, 0) is 6.07 Å². The molecule has 1 N–H and O–H groups in total. The molecular weight excluding hydrogens is 268 g/mol. The summed E-state index contributed by atoms with van der Waals surface area (Å²) in [7, 11) is 0. The molecule has 0 bridgehead atoms. The molecule has 0 fully saturated rings. The van der Waals surface area contributed by atoms with Gasteiger partial charge in [0, 0.05) is 30.8 Å². The molecule has 0 saturated heterocycles. The standard InChI is InChI=1S/C14H18N6O/c1-14(2,3)11-8-10-13(16-6-7-20(10)18-11)15-5-4-12-17-9-21-19-12/h6-9H,4-5H2,1-3H3,(H,15,16). The van der Waals surface area contributed by atoms with E-state index in [1.165, 1.54) is 6.39 Å². The van der Waals surface area contributed by atoms with Gasteiger partial charge < -0.3 is 9.84 Å². The van der Waals surface area contributed by atoms with Gasteiger partial charge in [-0.25, -0.2) is 9.50 Å². The van der Waals surface area contributed by atoms with E-state index in [1.54, 1.807) is 6.20 Å². The van der Waals surface area contributed by atoms with Crippen molar-refractivity contribution >= 4 is 11.3 Å². The molecule has 0 radical (unpaired) electrons. The molecule has 0 aliphatic carbocycles. The smallest absolute Gasteiger partial charge is 0.213 e. The lowest BCUT2D eigenvalue weighted by molar-refractivity contribution is 0.410. The van der Waals surface area contributed by atoms with E-state index in [-0.39, 0.29) is 5.41 Å². The Bertz CT molecular complexity index is 726. The van der Waals surface area contributed by atoms with E-state index in [1.807, 2.05) is 10.7 Å². The van der Waals surface area contributed by atoms with Crippen molar-refractivity contribution in [3.63, 3.8) is 0 Å². The molecule has 7 nitrogen and oxygen atoms in total. The molecule has 0 aliphatic rings. The SMILES string of the molecule is CC(C)(C)c1cc2c(NCCc3ncon3)nccn2n1. The summed E-state index contributed by atoms with van der Waals surface area (Å²) in [4.78, 5) is 8.38. The van der Waals surface area contributed by atoms with Gasteiger partial charge in [-0.3, -0.25) is 0 Å². The van der Waals surface area contributed by atoms with Gasteiger partial charge in [-0.15, -0.1) is 0 Å². The van der Waals surface area contributed by atoms with Gasteiger partial charge in [0.15, 0.2) is 11.6 Å². The van der Waals surface area contributed by atoms with Gasteiger partial charge in [0.05, 0.1) is 5.69 Å². The lowest BCUT2D eigenvalue weighted by Crippen LogP contribution is -2.11. The molecule has 7 heteroatoms. The average molecular weight is 286 g/mol. The summed E-state index contributed by atoms with van der Waals surface area (Å²) >= 11 is 0. The van der Waals surface area contributed by atoms with Gasteiger partial charge in [0.1, 0.15) is 5.52 Å². The van der Waals surface area contributed by atoms with E-state index in [9.17, 15) is 0 Å². The largest absolute Gasteiger partial charge is 0.368 e. The van der Waals surface area contributed by atoms with Crippen LogP contribution in [-0.2, 0) is 11.8 Å². The molecule has 0 saturated carbocycles. The van der Waals surface area contributed by atoms with Gasteiger partial charge >= 0.3 is 0 Å². The quantitative estimate of drug-likeness (QED) is 0.790. The van der Waals surface area contributed by atoms with Crippen LogP contribution in [0.15, 0.2) is 29.4 Å². The Kier molecular flexibility index (Phi) is 3.32. The van der Waals surface area contributed by atoms with Crippen molar-refractivity contribution in [2.24, 2.45) is 0 Å². The highest BCUT2D eigenvalue weighted by Crippen LogP contribution is 2.24. The predicted octanol–water partition coefficient (Wildman–Crippen LogP) is 2.06. The zero-order valence-corrected chi connectivity index (χ0v) is 12.4. The van der Waals surface area contributed by atoms with Crippen molar-refractivity contribution in [3.8, 4) is 0 Å². The third-order valence-corrected chi connectivity index (χ3v) is 3.21. The van der Waals surface area contributed by atoms with Crippen molar-refractivity contribution in [2.45, 2.75) is 32.6 Å². The zero-order chi connectivity index (χ0) is 14.9. The fourth-order valence-corrected chi connectivity index (χ4v) is 2.02. The van der Waals surface area contributed by atoms with Crippen LogP contribution in [0.5, 0.6) is 0 Å². The summed E-state index contributed by atoms with van der Waals surface area (Å²) in [6.07, 6.45) is 5.61. The van der Waals surface area contributed by atoms with E-state index in [0.717, 1.165) is 17.0 Å². The van der Waals surface area contributed by atoms with Crippen molar-refractivity contribution < 1.29 is 4.52 Å². The van der Waals surface area contributed by atoms with Crippen molar-refractivity contribution in [3.05, 3.63) is 36.4 Å². The van der Waals surface area contributed by atoms with E-state index < -0.39 is 0 Å². The Labute approximate surface area is 122 Å². The number of aromatic nitrogens is 5. The highest BCUT2D eigenvalue weighted by molar-refractivity contribution is 5.68. The minimum Gasteiger partial charge on any atom is -0.368 e. The van der Waals surface area contributed by atoms with Crippen LogP contribution in [0.1, 0.15) is 32.3 Å². The summed E-state index contributed by atoms with van der Waals surface area (Å²) < 4.78 is 6.56. The summed E-state index contributed by atoms with van der Waals surface area (Å²) in [5.41, 5.74) is 2.01. The molecule has 110 valence electrons. The summed E-state index contributed by atoms with van der Waals surface area (Å²) in [5.74, 6) is 1.49.